The molecule has 1 unspecified atom stereocenters. The van der Waals surface area contributed by atoms with Crippen molar-refractivity contribution in [1.82, 2.24) is 25.1 Å². The zero-order valence-electron chi connectivity index (χ0n) is 10.1. The highest BCUT2D eigenvalue weighted by atomic mass is 32.1. The van der Waals surface area contributed by atoms with Gasteiger partial charge in [-0.25, -0.2) is 4.98 Å². The van der Waals surface area contributed by atoms with Crippen molar-refractivity contribution in [1.29, 1.82) is 0 Å². The maximum Gasteiger partial charge on any atom is 0.226 e. The summed E-state index contributed by atoms with van der Waals surface area (Å²) in [6.45, 7) is 1.86. The van der Waals surface area contributed by atoms with Crippen LogP contribution in [0.3, 0.4) is 0 Å². The molecule has 0 saturated carbocycles. The Hall–Kier alpha value is -1.96. The highest BCUT2D eigenvalue weighted by Gasteiger charge is 2.15. The molecule has 0 radical (unpaired) electrons. The number of amides is 1. The number of hydrogen-bond acceptors (Lipinski definition) is 6. The van der Waals surface area contributed by atoms with Gasteiger partial charge in [-0.05, 0) is 6.92 Å². The van der Waals surface area contributed by atoms with Gasteiger partial charge >= 0.3 is 0 Å². The molecule has 2 heterocycles. The van der Waals surface area contributed by atoms with Gasteiger partial charge in [0.25, 0.3) is 0 Å². The average molecular weight is 266 g/mol. The number of nitrogen functional groups attached to an aromatic ring is 1. The molecule has 3 N–H and O–H groups in total. The molecule has 2 rings (SSSR count). The van der Waals surface area contributed by atoms with Crippen LogP contribution < -0.4 is 11.1 Å². The predicted octanol–water partition coefficient (Wildman–Crippen LogP) is 0.274. The van der Waals surface area contributed by atoms with Crippen molar-refractivity contribution in [2.24, 2.45) is 7.05 Å². The van der Waals surface area contributed by atoms with Crippen LogP contribution >= 0.6 is 11.3 Å². The van der Waals surface area contributed by atoms with E-state index in [1.165, 1.54) is 11.3 Å². The van der Waals surface area contributed by atoms with E-state index < -0.39 is 0 Å². The lowest BCUT2D eigenvalue weighted by Gasteiger charge is -2.12. The van der Waals surface area contributed by atoms with E-state index in [-0.39, 0.29) is 18.4 Å². The average Bonchev–Trinajstić information content (AvgIpc) is 2.87. The van der Waals surface area contributed by atoms with Gasteiger partial charge in [-0.1, -0.05) is 0 Å². The number of carbonyl (C=O) groups is 1. The molecule has 2 aromatic heterocycles. The first kappa shape index (κ1) is 12.5. The van der Waals surface area contributed by atoms with Crippen molar-refractivity contribution in [3.63, 3.8) is 0 Å². The minimum Gasteiger partial charge on any atom is -0.375 e. The first-order valence-electron chi connectivity index (χ1n) is 5.39. The second kappa shape index (κ2) is 5.13. The normalized spacial score (nSPS) is 12.3. The zero-order chi connectivity index (χ0) is 13.1. The van der Waals surface area contributed by atoms with Crippen molar-refractivity contribution in [3.05, 3.63) is 23.2 Å². The Balaban J connectivity index is 1.93. The lowest BCUT2D eigenvalue weighted by Crippen LogP contribution is -2.29. The molecule has 0 spiro atoms. The fourth-order valence-corrected chi connectivity index (χ4v) is 2.17. The van der Waals surface area contributed by atoms with E-state index in [9.17, 15) is 4.79 Å². The molecular formula is C10H14N6OS. The number of aromatic nitrogens is 4. The summed E-state index contributed by atoms with van der Waals surface area (Å²) in [4.78, 5) is 15.8. The van der Waals surface area contributed by atoms with E-state index in [1.54, 1.807) is 16.3 Å². The summed E-state index contributed by atoms with van der Waals surface area (Å²) >= 11 is 1.33. The Morgan fingerprint density at radius 3 is 3.00 bits per heavy atom. The fourth-order valence-electron chi connectivity index (χ4n) is 1.61. The number of thiazole rings is 1. The number of aryl methyl sites for hydroxylation is 1. The molecule has 1 amide bonds. The van der Waals surface area contributed by atoms with E-state index in [4.69, 9.17) is 5.73 Å². The van der Waals surface area contributed by atoms with Crippen LogP contribution in [0.1, 0.15) is 24.5 Å². The van der Waals surface area contributed by atoms with Crippen LogP contribution in [0.2, 0.25) is 0 Å². The molecule has 0 aromatic carbocycles. The van der Waals surface area contributed by atoms with Crippen LogP contribution in [-0.2, 0) is 18.3 Å². The largest absolute Gasteiger partial charge is 0.375 e. The summed E-state index contributed by atoms with van der Waals surface area (Å²) in [5, 5.41) is 12.8. The summed E-state index contributed by atoms with van der Waals surface area (Å²) in [7, 11) is 1.83. The number of nitrogens with one attached hydrogen (secondary N) is 1. The molecule has 0 fully saturated rings. The van der Waals surface area contributed by atoms with Gasteiger partial charge in [-0.15, -0.1) is 21.5 Å². The van der Waals surface area contributed by atoms with E-state index in [0.717, 1.165) is 0 Å². The van der Waals surface area contributed by atoms with Gasteiger partial charge in [-0.3, -0.25) is 4.79 Å². The lowest BCUT2D eigenvalue weighted by atomic mass is 10.2. The van der Waals surface area contributed by atoms with Gasteiger partial charge in [0.05, 0.1) is 18.2 Å². The Labute approximate surface area is 108 Å². The second-order valence-corrected chi connectivity index (χ2v) is 4.83. The van der Waals surface area contributed by atoms with Gasteiger partial charge in [-0.2, -0.15) is 0 Å². The number of anilines is 1. The quantitative estimate of drug-likeness (QED) is 0.827. The minimum atomic E-state index is -0.194. The Morgan fingerprint density at radius 2 is 2.44 bits per heavy atom. The van der Waals surface area contributed by atoms with Crippen molar-refractivity contribution in [2.75, 3.05) is 5.73 Å². The van der Waals surface area contributed by atoms with E-state index in [1.807, 2.05) is 14.0 Å². The Morgan fingerprint density at radius 1 is 1.67 bits per heavy atom. The van der Waals surface area contributed by atoms with E-state index in [0.29, 0.717) is 16.6 Å². The van der Waals surface area contributed by atoms with Crippen LogP contribution in [0, 0.1) is 0 Å². The number of carbonyl (C=O) groups excluding carboxylic acids is 1. The standard InChI is InChI=1S/C10H14N6OS/c1-6(9-15-12-5-16(9)2)13-8(17)3-7-4-18-10(11)14-7/h4-6H,3H2,1-2H3,(H2,11,14)(H,13,17). The predicted molar refractivity (Wildman–Crippen MR) is 67.8 cm³/mol. The van der Waals surface area contributed by atoms with Crippen LogP contribution in [0.5, 0.6) is 0 Å². The molecule has 1 atom stereocenters. The molecule has 0 aliphatic carbocycles. The summed E-state index contributed by atoms with van der Waals surface area (Å²) < 4.78 is 1.77. The van der Waals surface area contributed by atoms with Crippen molar-refractivity contribution < 1.29 is 4.79 Å². The lowest BCUT2D eigenvalue weighted by molar-refractivity contribution is -0.121. The van der Waals surface area contributed by atoms with Crippen molar-refractivity contribution >= 4 is 22.4 Å². The van der Waals surface area contributed by atoms with Gasteiger partial charge in [0, 0.05) is 12.4 Å². The third-order valence-corrected chi connectivity index (χ3v) is 3.15. The highest BCUT2D eigenvalue weighted by molar-refractivity contribution is 7.13. The molecule has 8 heteroatoms. The fraction of sp³-hybridized carbons (Fsp3) is 0.400. The maximum absolute atomic E-state index is 11.8. The van der Waals surface area contributed by atoms with Crippen molar-refractivity contribution in [2.45, 2.75) is 19.4 Å². The molecule has 7 nitrogen and oxygen atoms in total. The van der Waals surface area contributed by atoms with E-state index >= 15 is 0 Å². The smallest absolute Gasteiger partial charge is 0.226 e. The molecule has 96 valence electrons. The number of nitrogens with zero attached hydrogens (tertiary/aromatic N) is 4. The highest BCUT2D eigenvalue weighted by Crippen LogP contribution is 2.12. The molecule has 18 heavy (non-hydrogen) atoms. The SMILES string of the molecule is CC(NC(=O)Cc1csc(N)n1)c1nncn1C. The van der Waals surface area contributed by atoms with E-state index in [2.05, 4.69) is 20.5 Å². The molecule has 0 aliphatic rings. The maximum atomic E-state index is 11.8. The zero-order valence-corrected chi connectivity index (χ0v) is 10.9. The van der Waals surface area contributed by atoms with Gasteiger partial charge in [0.1, 0.15) is 6.33 Å². The first-order chi connectivity index (χ1) is 8.56. The second-order valence-electron chi connectivity index (χ2n) is 3.94. The monoisotopic (exact) mass is 266 g/mol. The molecule has 2 aromatic rings. The number of rotatable bonds is 4. The van der Waals surface area contributed by atoms with Crippen LogP contribution in [0.25, 0.3) is 0 Å². The molecule has 0 saturated heterocycles. The summed E-state index contributed by atoms with van der Waals surface area (Å²) in [5.74, 6) is 0.594. The molecule has 0 bridgehead atoms. The Bertz CT molecular complexity index is 548. The molecular weight excluding hydrogens is 252 g/mol. The summed E-state index contributed by atoms with van der Waals surface area (Å²) in [5.41, 5.74) is 6.19. The third-order valence-electron chi connectivity index (χ3n) is 2.42. The minimum absolute atomic E-state index is 0.115. The molecule has 0 aliphatic heterocycles. The van der Waals surface area contributed by atoms with Crippen LogP contribution in [-0.4, -0.2) is 25.7 Å². The summed E-state index contributed by atoms with van der Waals surface area (Å²) in [6, 6.07) is -0.194. The van der Waals surface area contributed by atoms with Gasteiger partial charge in [0.2, 0.25) is 5.91 Å². The van der Waals surface area contributed by atoms with Crippen LogP contribution in [0.15, 0.2) is 11.7 Å². The number of hydrogen-bond donors (Lipinski definition) is 2. The Kier molecular flexibility index (Phi) is 3.56. The van der Waals surface area contributed by atoms with Gasteiger partial charge < -0.3 is 15.6 Å². The van der Waals surface area contributed by atoms with Crippen LogP contribution in [0.4, 0.5) is 5.13 Å². The van der Waals surface area contributed by atoms with Gasteiger partial charge in [0.15, 0.2) is 11.0 Å². The third kappa shape index (κ3) is 2.83. The topological polar surface area (TPSA) is 98.7 Å². The summed E-state index contributed by atoms with van der Waals surface area (Å²) in [6.07, 6.45) is 1.81. The first-order valence-corrected chi connectivity index (χ1v) is 6.27. The van der Waals surface area contributed by atoms with Crippen molar-refractivity contribution in [3.8, 4) is 0 Å². The number of nitrogens with two attached hydrogens (primary N) is 1.